The maximum absolute atomic E-state index is 2.51. The molecule has 38 heavy (non-hydrogen) atoms. The summed E-state index contributed by atoms with van der Waals surface area (Å²) in [6.45, 7) is 12.1. The Morgan fingerprint density at radius 2 is 0.474 bits per heavy atom. The lowest BCUT2D eigenvalue weighted by molar-refractivity contribution is 0.377. The van der Waals surface area contributed by atoms with Gasteiger partial charge in [-0.3, -0.25) is 0 Å². The fraction of sp³-hybridized carbons (Fsp3) is 1.00. The number of unbranched alkanes of at least 4 members (excludes halogenated alkanes) is 20. The van der Waals surface area contributed by atoms with Crippen LogP contribution in [0.4, 0.5) is 0 Å². The lowest BCUT2D eigenvalue weighted by Gasteiger charge is -2.15. The van der Waals surface area contributed by atoms with Crippen LogP contribution in [0.25, 0.3) is 0 Å². The third-order valence-electron chi connectivity index (χ3n) is 9.37. The summed E-state index contributed by atoms with van der Waals surface area (Å²) in [5, 5.41) is 0. The Morgan fingerprint density at radius 1 is 0.237 bits per heavy atom. The number of rotatable bonds is 32. The third-order valence-corrected chi connectivity index (χ3v) is 9.37. The Labute approximate surface area is 244 Å². The first-order valence-electron chi connectivity index (χ1n) is 18.6. The summed E-state index contributed by atoms with van der Waals surface area (Å²) < 4.78 is 0. The van der Waals surface area contributed by atoms with Crippen molar-refractivity contribution in [3.8, 4) is 0 Å². The van der Waals surface area contributed by atoms with E-state index in [0.29, 0.717) is 0 Å². The van der Waals surface area contributed by atoms with E-state index in [2.05, 4.69) is 34.6 Å². The first-order valence-corrected chi connectivity index (χ1v) is 18.6. The highest BCUT2D eigenvalue weighted by Gasteiger charge is 2.07. The van der Waals surface area contributed by atoms with Gasteiger partial charge in [0.15, 0.2) is 0 Å². The van der Waals surface area contributed by atoms with Crippen molar-refractivity contribution in [2.24, 2.45) is 17.8 Å². The molecule has 0 aliphatic carbocycles. The molecule has 0 saturated heterocycles. The summed E-state index contributed by atoms with van der Waals surface area (Å²) >= 11 is 0. The first kappa shape index (κ1) is 38.0. The quantitative estimate of drug-likeness (QED) is 0.0752. The van der Waals surface area contributed by atoms with Crippen molar-refractivity contribution in [2.45, 2.75) is 227 Å². The summed E-state index contributed by atoms with van der Waals surface area (Å²) in [5.41, 5.74) is 0. The molecule has 0 saturated carbocycles. The van der Waals surface area contributed by atoms with Gasteiger partial charge in [-0.1, -0.05) is 227 Å². The Balaban J connectivity index is 3.23. The second-order valence-corrected chi connectivity index (χ2v) is 13.8. The number of hydrogen-bond donors (Lipinski definition) is 0. The summed E-state index contributed by atoms with van der Waals surface area (Å²) in [6, 6.07) is 0. The Kier molecular flexibility index (Phi) is 31.5. The van der Waals surface area contributed by atoms with Gasteiger partial charge < -0.3 is 0 Å². The monoisotopic (exact) mass is 535 g/mol. The van der Waals surface area contributed by atoms with Crippen LogP contribution in [0.2, 0.25) is 0 Å². The van der Waals surface area contributed by atoms with Crippen molar-refractivity contribution >= 4 is 0 Å². The molecular formula is C38H78. The van der Waals surface area contributed by atoms with Gasteiger partial charge in [0, 0.05) is 0 Å². The molecule has 0 aromatic heterocycles. The van der Waals surface area contributed by atoms with E-state index in [9.17, 15) is 0 Å². The minimum absolute atomic E-state index is 0.945. The van der Waals surface area contributed by atoms with Crippen molar-refractivity contribution in [3.05, 3.63) is 0 Å². The molecule has 0 N–H and O–H groups in total. The highest BCUT2D eigenvalue weighted by molar-refractivity contribution is 4.61. The van der Waals surface area contributed by atoms with E-state index in [1.165, 1.54) is 193 Å². The molecule has 0 bridgehead atoms. The summed E-state index contributed by atoms with van der Waals surface area (Å²) in [6.07, 6.45) is 44.1. The summed E-state index contributed by atoms with van der Waals surface area (Å²) in [5.74, 6) is 2.84. The number of hydrogen-bond acceptors (Lipinski definition) is 0. The molecule has 0 nitrogen and oxygen atoms in total. The van der Waals surface area contributed by atoms with Crippen LogP contribution >= 0.6 is 0 Å². The van der Waals surface area contributed by atoms with Crippen molar-refractivity contribution in [1.29, 1.82) is 0 Å². The van der Waals surface area contributed by atoms with E-state index in [1.807, 2.05) is 0 Å². The van der Waals surface area contributed by atoms with E-state index < -0.39 is 0 Å². The molecule has 3 unspecified atom stereocenters. The molecule has 0 aromatic carbocycles. The zero-order chi connectivity index (χ0) is 27.9. The molecule has 0 heterocycles. The average Bonchev–Trinajstić information content (AvgIpc) is 2.89. The highest BCUT2D eigenvalue weighted by Crippen LogP contribution is 2.23. The second-order valence-electron chi connectivity index (χ2n) is 13.8. The van der Waals surface area contributed by atoms with Crippen molar-refractivity contribution in [1.82, 2.24) is 0 Å². The van der Waals surface area contributed by atoms with Gasteiger partial charge in [-0.15, -0.1) is 0 Å². The molecule has 0 rings (SSSR count). The molecule has 0 aromatic rings. The van der Waals surface area contributed by atoms with Crippen LogP contribution in [0, 0.1) is 17.8 Å². The zero-order valence-corrected chi connectivity index (χ0v) is 27.9. The molecule has 0 heteroatoms. The smallest absolute Gasteiger partial charge is 0.0443 e. The molecule has 0 radical (unpaired) electrons. The molecule has 0 spiro atoms. The van der Waals surface area contributed by atoms with E-state index in [-0.39, 0.29) is 0 Å². The van der Waals surface area contributed by atoms with Gasteiger partial charge in [-0.25, -0.2) is 0 Å². The molecule has 0 aliphatic heterocycles. The van der Waals surface area contributed by atoms with Gasteiger partial charge in [0.25, 0.3) is 0 Å². The van der Waals surface area contributed by atoms with Gasteiger partial charge in [0.05, 0.1) is 0 Å². The Morgan fingerprint density at radius 3 is 0.763 bits per heavy atom. The third kappa shape index (κ3) is 30.5. The van der Waals surface area contributed by atoms with E-state index in [4.69, 9.17) is 0 Å². The molecule has 3 atom stereocenters. The zero-order valence-electron chi connectivity index (χ0n) is 27.9. The molecular weight excluding hydrogens is 456 g/mol. The van der Waals surface area contributed by atoms with Crippen LogP contribution in [0.5, 0.6) is 0 Å². The Bertz CT molecular complexity index is 412. The van der Waals surface area contributed by atoms with E-state index in [1.54, 1.807) is 0 Å². The topological polar surface area (TPSA) is 0 Å². The van der Waals surface area contributed by atoms with Crippen LogP contribution < -0.4 is 0 Å². The van der Waals surface area contributed by atoms with Crippen LogP contribution in [0.15, 0.2) is 0 Å². The lowest BCUT2D eigenvalue weighted by atomic mass is 9.91. The molecule has 230 valence electrons. The average molecular weight is 535 g/mol. The molecule has 0 fully saturated rings. The van der Waals surface area contributed by atoms with Crippen molar-refractivity contribution in [3.63, 3.8) is 0 Å². The molecule has 0 aliphatic rings. The van der Waals surface area contributed by atoms with Gasteiger partial charge >= 0.3 is 0 Å². The largest absolute Gasteiger partial charge is 0.0654 e. The Hall–Kier alpha value is 0. The van der Waals surface area contributed by atoms with Crippen LogP contribution in [-0.2, 0) is 0 Å². The van der Waals surface area contributed by atoms with Crippen LogP contribution in [-0.4, -0.2) is 0 Å². The standard InChI is InChI=1S/C38H78/c1-6-8-9-10-11-12-13-14-15-16-17-18-19-20-21-22-23-24-25-26-27-31-37(4)33-29-35-38(5)34-28-32-36(3)30-7-2/h36-38H,6-35H2,1-5H3. The van der Waals surface area contributed by atoms with Gasteiger partial charge in [0.1, 0.15) is 0 Å². The predicted molar refractivity (Wildman–Crippen MR) is 177 cm³/mol. The minimum Gasteiger partial charge on any atom is -0.0654 e. The minimum atomic E-state index is 0.945. The normalized spacial score (nSPS) is 14.1. The highest BCUT2D eigenvalue weighted by atomic mass is 14.1. The van der Waals surface area contributed by atoms with Gasteiger partial charge in [-0.2, -0.15) is 0 Å². The summed E-state index contributed by atoms with van der Waals surface area (Å²) in [4.78, 5) is 0. The van der Waals surface area contributed by atoms with Crippen LogP contribution in [0.1, 0.15) is 227 Å². The van der Waals surface area contributed by atoms with Crippen molar-refractivity contribution in [2.75, 3.05) is 0 Å². The van der Waals surface area contributed by atoms with Gasteiger partial charge in [0.2, 0.25) is 0 Å². The van der Waals surface area contributed by atoms with E-state index in [0.717, 1.165) is 17.8 Å². The predicted octanol–water partition coefficient (Wildman–Crippen LogP) is 14.6. The second kappa shape index (κ2) is 31.5. The fourth-order valence-electron chi connectivity index (χ4n) is 6.48. The lowest BCUT2D eigenvalue weighted by Crippen LogP contribution is -2.01. The first-order chi connectivity index (χ1) is 18.6. The maximum atomic E-state index is 2.51. The maximum Gasteiger partial charge on any atom is -0.0443 e. The van der Waals surface area contributed by atoms with E-state index >= 15 is 0 Å². The van der Waals surface area contributed by atoms with Crippen molar-refractivity contribution < 1.29 is 0 Å². The SMILES string of the molecule is CCCCCCCCCCCCCCCCCCCCCCCC(C)CCCC(C)CCCC(C)CCC. The summed E-state index contributed by atoms with van der Waals surface area (Å²) in [7, 11) is 0. The molecule has 0 amide bonds. The fourth-order valence-corrected chi connectivity index (χ4v) is 6.48. The van der Waals surface area contributed by atoms with Gasteiger partial charge in [-0.05, 0) is 17.8 Å². The van der Waals surface area contributed by atoms with Crippen LogP contribution in [0.3, 0.4) is 0 Å².